The average molecular weight is 417 g/mol. The Morgan fingerprint density at radius 2 is 1.63 bits per heavy atom. The second-order valence-electron chi connectivity index (χ2n) is 11.9. The second-order valence-corrected chi connectivity index (χ2v) is 11.9. The van der Waals surface area contributed by atoms with Crippen molar-refractivity contribution >= 4 is 11.9 Å². The smallest absolute Gasteiger partial charge is 0.344 e. The highest BCUT2D eigenvalue weighted by Gasteiger charge is 2.65. The van der Waals surface area contributed by atoms with Gasteiger partial charge in [0.05, 0.1) is 5.41 Å². The standard InChI is InChI=1S/C26H40O4/c1-4-25(2,3)24(28)29-15-21(27)30-26(10-6-5-7-11-26)20-14-18-13-19(20)23-17-9-8-16(12-17)22(18)23/h16-20,22-23H,4-15H2,1-3H3. The molecule has 0 radical (unpaired) electrons. The van der Waals surface area contributed by atoms with Crippen LogP contribution in [0.15, 0.2) is 0 Å². The van der Waals surface area contributed by atoms with Crippen LogP contribution in [0.4, 0.5) is 0 Å². The minimum Gasteiger partial charge on any atom is -0.456 e. The molecule has 0 aliphatic heterocycles. The third-order valence-electron chi connectivity index (χ3n) is 10.2. The van der Waals surface area contributed by atoms with Gasteiger partial charge in [-0.05, 0) is 114 Å². The topological polar surface area (TPSA) is 52.6 Å². The van der Waals surface area contributed by atoms with E-state index >= 15 is 0 Å². The first-order chi connectivity index (χ1) is 14.3. The van der Waals surface area contributed by atoms with Crippen LogP contribution in [-0.2, 0) is 19.1 Å². The van der Waals surface area contributed by atoms with E-state index in [1.165, 1.54) is 38.5 Å². The number of carbonyl (C=O) groups excluding carboxylic acids is 2. The summed E-state index contributed by atoms with van der Waals surface area (Å²) in [5.41, 5.74) is -0.849. The molecule has 5 rings (SSSR count). The fraction of sp³-hybridized carbons (Fsp3) is 0.923. The molecule has 168 valence electrons. The summed E-state index contributed by atoms with van der Waals surface area (Å²) >= 11 is 0. The van der Waals surface area contributed by atoms with Gasteiger partial charge in [-0.15, -0.1) is 0 Å². The van der Waals surface area contributed by atoms with Gasteiger partial charge < -0.3 is 9.47 Å². The Hall–Kier alpha value is -1.06. The van der Waals surface area contributed by atoms with Crippen molar-refractivity contribution in [2.75, 3.05) is 6.61 Å². The molecule has 4 heteroatoms. The first kappa shape index (κ1) is 20.8. The summed E-state index contributed by atoms with van der Waals surface area (Å²) in [5, 5.41) is 0. The first-order valence-corrected chi connectivity index (χ1v) is 12.7. The quantitative estimate of drug-likeness (QED) is 0.422. The third-order valence-corrected chi connectivity index (χ3v) is 10.2. The van der Waals surface area contributed by atoms with Gasteiger partial charge in [0, 0.05) is 5.92 Å². The van der Waals surface area contributed by atoms with Crippen LogP contribution in [0.25, 0.3) is 0 Å². The highest BCUT2D eigenvalue weighted by molar-refractivity contribution is 5.80. The number of hydrogen-bond acceptors (Lipinski definition) is 4. The van der Waals surface area contributed by atoms with E-state index in [1.54, 1.807) is 0 Å². The molecule has 0 aromatic rings. The van der Waals surface area contributed by atoms with E-state index in [0.29, 0.717) is 12.3 Å². The highest BCUT2D eigenvalue weighted by atomic mass is 16.6. The van der Waals surface area contributed by atoms with Crippen LogP contribution < -0.4 is 0 Å². The summed E-state index contributed by atoms with van der Waals surface area (Å²) in [6.07, 6.45) is 13.3. The van der Waals surface area contributed by atoms with Crippen molar-refractivity contribution in [3.8, 4) is 0 Å². The fourth-order valence-corrected chi connectivity index (χ4v) is 8.59. The largest absolute Gasteiger partial charge is 0.456 e. The average Bonchev–Trinajstić information content (AvgIpc) is 3.52. The summed E-state index contributed by atoms with van der Waals surface area (Å²) in [6.45, 7) is 5.46. The van der Waals surface area contributed by atoms with Gasteiger partial charge in [0.2, 0.25) is 0 Å². The molecule has 0 N–H and O–H groups in total. The molecule has 7 atom stereocenters. The van der Waals surface area contributed by atoms with Crippen LogP contribution in [-0.4, -0.2) is 24.1 Å². The van der Waals surface area contributed by atoms with Crippen molar-refractivity contribution in [3.63, 3.8) is 0 Å². The van der Waals surface area contributed by atoms with E-state index in [1.807, 2.05) is 20.8 Å². The minimum atomic E-state index is -0.551. The minimum absolute atomic E-state index is 0.235. The molecule has 0 saturated heterocycles. The van der Waals surface area contributed by atoms with E-state index in [9.17, 15) is 9.59 Å². The van der Waals surface area contributed by atoms with Crippen LogP contribution in [0, 0.1) is 46.8 Å². The van der Waals surface area contributed by atoms with Crippen LogP contribution in [0.3, 0.4) is 0 Å². The molecule has 0 aromatic heterocycles. The maximum Gasteiger partial charge on any atom is 0.344 e. The highest BCUT2D eigenvalue weighted by Crippen LogP contribution is 2.71. The fourth-order valence-electron chi connectivity index (χ4n) is 8.59. The lowest BCUT2D eigenvalue weighted by Crippen LogP contribution is -2.50. The molecule has 5 saturated carbocycles. The van der Waals surface area contributed by atoms with E-state index in [-0.39, 0.29) is 24.1 Å². The molecule has 5 fully saturated rings. The lowest BCUT2D eigenvalue weighted by atomic mass is 9.61. The van der Waals surface area contributed by atoms with Crippen LogP contribution in [0.2, 0.25) is 0 Å². The molecule has 0 aromatic carbocycles. The summed E-state index contributed by atoms with van der Waals surface area (Å²) < 4.78 is 11.7. The molecule has 0 spiro atoms. The number of carbonyl (C=O) groups is 2. The molecular weight excluding hydrogens is 376 g/mol. The molecule has 0 heterocycles. The molecule has 30 heavy (non-hydrogen) atoms. The van der Waals surface area contributed by atoms with Crippen molar-refractivity contribution in [3.05, 3.63) is 0 Å². The van der Waals surface area contributed by atoms with Gasteiger partial charge in [0.1, 0.15) is 5.60 Å². The maximum absolute atomic E-state index is 12.9. The molecule has 0 amide bonds. The second kappa shape index (κ2) is 7.52. The van der Waals surface area contributed by atoms with Crippen molar-refractivity contribution in [2.45, 2.75) is 97.0 Å². The Kier molecular flexibility index (Phi) is 5.22. The Morgan fingerprint density at radius 3 is 2.33 bits per heavy atom. The number of fused-ring (bicyclic) bond motifs is 9. The van der Waals surface area contributed by atoms with Crippen LogP contribution in [0.5, 0.6) is 0 Å². The lowest BCUT2D eigenvalue weighted by molar-refractivity contribution is -0.186. The number of hydrogen-bond donors (Lipinski definition) is 0. The summed E-state index contributed by atoms with van der Waals surface area (Å²) in [4.78, 5) is 25.2. The summed E-state index contributed by atoms with van der Waals surface area (Å²) in [6, 6.07) is 0. The molecule has 4 nitrogen and oxygen atoms in total. The maximum atomic E-state index is 12.9. The van der Waals surface area contributed by atoms with Gasteiger partial charge in [-0.1, -0.05) is 13.3 Å². The Morgan fingerprint density at radius 1 is 0.933 bits per heavy atom. The summed E-state index contributed by atoms with van der Waals surface area (Å²) in [7, 11) is 0. The molecule has 5 aliphatic rings. The van der Waals surface area contributed by atoms with E-state index < -0.39 is 5.41 Å². The van der Waals surface area contributed by atoms with Gasteiger partial charge in [0.25, 0.3) is 0 Å². The zero-order valence-electron chi connectivity index (χ0n) is 19.2. The summed E-state index contributed by atoms with van der Waals surface area (Å²) in [5.74, 6) is 5.40. The van der Waals surface area contributed by atoms with Crippen molar-refractivity contribution < 1.29 is 19.1 Å². The van der Waals surface area contributed by atoms with Gasteiger partial charge in [0.15, 0.2) is 6.61 Å². The Balaban J connectivity index is 1.28. The molecule has 4 bridgehead atoms. The van der Waals surface area contributed by atoms with Gasteiger partial charge in [-0.3, -0.25) is 4.79 Å². The SMILES string of the molecule is CCC(C)(C)C(=O)OCC(=O)OC1(C2CC3CC2C2C4CCC(C4)C32)CCCCC1. The number of ether oxygens (including phenoxy) is 2. The van der Waals surface area contributed by atoms with E-state index in [0.717, 1.165) is 61.2 Å². The molecule has 7 unspecified atom stereocenters. The zero-order valence-corrected chi connectivity index (χ0v) is 19.2. The van der Waals surface area contributed by atoms with Crippen LogP contribution in [0.1, 0.15) is 91.4 Å². The van der Waals surface area contributed by atoms with Gasteiger partial charge in [-0.2, -0.15) is 0 Å². The molecular formula is C26H40O4. The lowest BCUT2D eigenvalue weighted by Gasteiger charge is -2.48. The Labute approximate surface area is 181 Å². The van der Waals surface area contributed by atoms with Crippen molar-refractivity contribution in [1.82, 2.24) is 0 Å². The van der Waals surface area contributed by atoms with Crippen molar-refractivity contribution in [1.29, 1.82) is 0 Å². The molecule has 5 aliphatic carbocycles. The van der Waals surface area contributed by atoms with Gasteiger partial charge in [-0.25, -0.2) is 4.79 Å². The predicted octanol–water partition coefficient (Wildman–Crippen LogP) is 5.53. The number of rotatable bonds is 6. The van der Waals surface area contributed by atoms with Crippen molar-refractivity contribution in [2.24, 2.45) is 46.8 Å². The van der Waals surface area contributed by atoms with Gasteiger partial charge >= 0.3 is 11.9 Å². The van der Waals surface area contributed by atoms with E-state index in [2.05, 4.69) is 0 Å². The predicted molar refractivity (Wildman–Crippen MR) is 114 cm³/mol. The number of esters is 2. The van der Waals surface area contributed by atoms with E-state index in [4.69, 9.17) is 9.47 Å². The normalized spacial score (nSPS) is 41.0. The third kappa shape index (κ3) is 3.23. The monoisotopic (exact) mass is 416 g/mol. The Bertz CT molecular complexity index is 691. The first-order valence-electron chi connectivity index (χ1n) is 12.7. The van der Waals surface area contributed by atoms with Crippen LogP contribution >= 0.6 is 0 Å². The zero-order chi connectivity index (χ0) is 21.1.